The van der Waals surface area contributed by atoms with E-state index in [4.69, 9.17) is 9.57 Å². The average molecular weight is 312 g/mol. The molecule has 2 atom stereocenters. The maximum Gasteiger partial charge on any atom is 0.411 e. The van der Waals surface area contributed by atoms with Gasteiger partial charge in [-0.05, 0) is 17.7 Å². The molecule has 1 heterocycles. The standard InChI is InChI=1S/C18H20N2O3/c1-20-17(14-8-4-2-5-9-14)12-16(23-20)13-22-18(21)19-15-10-6-3-7-11-15/h2-11,16-17H,12-13H2,1H3,(H,19,21)/t16-,17-/m0/s1. The number of para-hydroxylation sites is 1. The minimum atomic E-state index is -0.467. The Morgan fingerprint density at radius 3 is 2.52 bits per heavy atom. The van der Waals surface area contributed by atoms with E-state index in [0.29, 0.717) is 5.69 Å². The topological polar surface area (TPSA) is 50.8 Å². The second kappa shape index (κ2) is 7.26. The van der Waals surface area contributed by atoms with Crippen LogP contribution in [0, 0.1) is 0 Å². The van der Waals surface area contributed by atoms with Crippen LogP contribution in [0.3, 0.4) is 0 Å². The normalized spacial score (nSPS) is 21.1. The van der Waals surface area contributed by atoms with E-state index in [1.165, 1.54) is 5.56 Å². The highest BCUT2D eigenvalue weighted by Crippen LogP contribution is 2.32. The van der Waals surface area contributed by atoms with Gasteiger partial charge in [0.15, 0.2) is 0 Å². The lowest BCUT2D eigenvalue weighted by atomic mass is 10.0. The lowest BCUT2D eigenvalue weighted by Gasteiger charge is -2.17. The zero-order valence-electron chi connectivity index (χ0n) is 13.0. The van der Waals surface area contributed by atoms with Gasteiger partial charge in [0.2, 0.25) is 0 Å². The third kappa shape index (κ3) is 4.09. The number of hydrogen-bond donors (Lipinski definition) is 1. The van der Waals surface area contributed by atoms with Crippen LogP contribution in [0.2, 0.25) is 0 Å². The number of amides is 1. The number of carbonyl (C=O) groups excluding carboxylic acids is 1. The van der Waals surface area contributed by atoms with Gasteiger partial charge in [0.25, 0.3) is 0 Å². The van der Waals surface area contributed by atoms with Crippen molar-refractivity contribution in [3.8, 4) is 0 Å². The molecule has 0 saturated carbocycles. The molecule has 0 bridgehead atoms. The number of ether oxygens (including phenoxy) is 1. The van der Waals surface area contributed by atoms with Crippen molar-refractivity contribution < 1.29 is 14.4 Å². The van der Waals surface area contributed by atoms with E-state index in [9.17, 15) is 4.79 Å². The number of hydrogen-bond acceptors (Lipinski definition) is 4. The fourth-order valence-corrected chi connectivity index (χ4v) is 2.71. The molecule has 1 amide bonds. The Kier molecular flexibility index (Phi) is 4.90. The maximum atomic E-state index is 11.8. The summed E-state index contributed by atoms with van der Waals surface area (Å²) >= 11 is 0. The third-order valence-corrected chi connectivity index (χ3v) is 3.85. The minimum Gasteiger partial charge on any atom is -0.446 e. The lowest BCUT2D eigenvalue weighted by molar-refractivity contribution is -0.153. The average Bonchev–Trinajstić information content (AvgIpc) is 2.96. The van der Waals surface area contributed by atoms with Gasteiger partial charge in [0.1, 0.15) is 12.7 Å². The minimum absolute atomic E-state index is 0.133. The molecule has 2 aromatic carbocycles. The molecule has 1 saturated heterocycles. The van der Waals surface area contributed by atoms with Crippen LogP contribution in [-0.2, 0) is 9.57 Å². The first-order chi connectivity index (χ1) is 11.2. The fraction of sp³-hybridized carbons (Fsp3) is 0.278. The second-order valence-corrected chi connectivity index (χ2v) is 5.53. The van der Waals surface area contributed by atoms with Gasteiger partial charge in [-0.25, -0.2) is 4.79 Å². The van der Waals surface area contributed by atoms with Crippen molar-refractivity contribution in [1.82, 2.24) is 5.06 Å². The van der Waals surface area contributed by atoms with E-state index in [0.717, 1.165) is 6.42 Å². The molecule has 0 spiro atoms. The predicted molar refractivity (Wildman–Crippen MR) is 87.8 cm³/mol. The molecule has 5 nitrogen and oxygen atoms in total. The molecule has 5 heteroatoms. The van der Waals surface area contributed by atoms with Crippen LogP contribution in [0.5, 0.6) is 0 Å². The number of carbonyl (C=O) groups is 1. The monoisotopic (exact) mass is 312 g/mol. The number of nitrogens with one attached hydrogen (secondary N) is 1. The summed E-state index contributed by atoms with van der Waals surface area (Å²) in [7, 11) is 1.90. The Hall–Kier alpha value is -2.37. The lowest BCUT2D eigenvalue weighted by Crippen LogP contribution is -2.23. The van der Waals surface area contributed by atoms with Gasteiger partial charge in [0, 0.05) is 19.2 Å². The number of anilines is 1. The second-order valence-electron chi connectivity index (χ2n) is 5.53. The summed E-state index contributed by atoms with van der Waals surface area (Å²) in [4.78, 5) is 17.6. The molecule has 1 aliphatic heterocycles. The molecular formula is C18H20N2O3. The van der Waals surface area contributed by atoms with E-state index in [1.807, 2.05) is 60.6 Å². The van der Waals surface area contributed by atoms with Crippen molar-refractivity contribution in [1.29, 1.82) is 0 Å². The van der Waals surface area contributed by atoms with Crippen molar-refractivity contribution in [2.24, 2.45) is 0 Å². The molecule has 0 aromatic heterocycles. The molecule has 1 fully saturated rings. The van der Waals surface area contributed by atoms with Gasteiger partial charge in [0.05, 0.1) is 6.04 Å². The zero-order valence-corrected chi connectivity index (χ0v) is 13.0. The summed E-state index contributed by atoms with van der Waals surface area (Å²) in [5.74, 6) is 0. The summed E-state index contributed by atoms with van der Waals surface area (Å²) in [6, 6.07) is 19.6. The highest BCUT2D eigenvalue weighted by atomic mass is 16.7. The van der Waals surface area contributed by atoms with Gasteiger partial charge in [-0.3, -0.25) is 10.2 Å². The molecule has 3 rings (SSSR count). The van der Waals surface area contributed by atoms with Crippen LogP contribution in [0.4, 0.5) is 10.5 Å². The summed E-state index contributed by atoms with van der Waals surface area (Å²) in [5, 5.41) is 4.52. The zero-order chi connectivity index (χ0) is 16.1. The van der Waals surface area contributed by atoms with Crippen LogP contribution in [-0.4, -0.2) is 30.9 Å². The first-order valence-corrected chi connectivity index (χ1v) is 7.66. The maximum absolute atomic E-state index is 11.8. The van der Waals surface area contributed by atoms with Crippen molar-refractivity contribution in [3.63, 3.8) is 0 Å². The van der Waals surface area contributed by atoms with Gasteiger partial charge < -0.3 is 4.74 Å². The molecule has 1 N–H and O–H groups in total. The van der Waals surface area contributed by atoms with Gasteiger partial charge >= 0.3 is 6.09 Å². The Morgan fingerprint density at radius 1 is 1.17 bits per heavy atom. The molecular weight excluding hydrogens is 292 g/mol. The molecule has 120 valence electrons. The molecule has 0 aliphatic carbocycles. The van der Waals surface area contributed by atoms with Gasteiger partial charge in [-0.2, -0.15) is 5.06 Å². The molecule has 1 aliphatic rings. The number of hydroxylamine groups is 2. The van der Waals surface area contributed by atoms with Crippen molar-refractivity contribution in [3.05, 3.63) is 66.2 Å². The number of rotatable bonds is 4. The predicted octanol–water partition coefficient (Wildman–Crippen LogP) is 3.61. The van der Waals surface area contributed by atoms with E-state index in [1.54, 1.807) is 0 Å². The highest BCUT2D eigenvalue weighted by Gasteiger charge is 2.32. The van der Waals surface area contributed by atoms with Crippen molar-refractivity contribution in [2.45, 2.75) is 18.6 Å². The Labute approximate surface area is 135 Å². The van der Waals surface area contributed by atoms with Crippen molar-refractivity contribution >= 4 is 11.8 Å². The Morgan fingerprint density at radius 2 is 1.83 bits per heavy atom. The van der Waals surface area contributed by atoms with Crippen LogP contribution < -0.4 is 5.32 Å². The summed E-state index contributed by atoms with van der Waals surface area (Å²) < 4.78 is 5.26. The van der Waals surface area contributed by atoms with Crippen LogP contribution >= 0.6 is 0 Å². The molecule has 2 aromatic rings. The van der Waals surface area contributed by atoms with Gasteiger partial charge in [-0.15, -0.1) is 0 Å². The third-order valence-electron chi connectivity index (χ3n) is 3.85. The SMILES string of the molecule is CN1O[C@H](COC(=O)Nc2ccccc2)C[C@H]1c1ccccc1. The van der Waals surface area contributed by atoms with E-state index >= 15 is 0 Å². The summed E-state index contributed by atoms with van der Waals surface area (Å²) in [6.45, 7) is 0.229. The Bertz CT molecular complexity index is 633. The molecule has 0 unspecified atom stereocenters. The van der Waals surface area contributed by atoms with Crippen LogP contribution in [0.25, 0.3) is 0 Å². The van der Waals surface area contributed by atoms with Crippen LogP contribution in [0.15, 0.2) is 60.7 Å². The largest absolute Gasteiger partial charge is 0.446 e. The van der Waals surface area contributed by atoms with E-state index < -0.39 is 6.09 Å². The summed E-state index contributed by atoms with van der Waals surface area (Å²) in [6.07, 6.45) is 0.191. The first kappa shape index (κ1) is 15.5. The summed E-state index contributed by atoms with van der Waals surface area (Å²) in [5.41, 5.74) is 1.91. The number of benzene rings is 2. The molecule has 0 radical (unpaired) electrons. The van der Waals surface area contributed by atoms with Crippen LogP contribution in [0.1, 0.15) is 18.0 Å². The van der Waals surface area contributed by atoms with E-state index in [-0.39, 0.29) is 18.8 Å². The first-order valence-electron chi connectivity index (χ1n) is 7.66. The fourth-order valence-electron chi connectivity index (χ4n) is 2.71. The van der Waals surface area contributed by atoms with Gasteiger partial charge in [-0.1, -0.05) is 48.5 Å². The smallest absolute Gasteiger partial charge is 0.411 e. The number of nitrogens with zero attached hydrogens (tertiary/aromatic N) is 1. The molecule has 23 heavy (non-hydrogen) atoms. The Balaban J connectivity index is 1.49. The highest BCUT2D eigenvalue weighted by molar-refractivity contribution is 5.84. The van der Waals surface area contributed by atoms with E-state index in [2.05, 4.69) is 17.4 Å². The quantitative estimate of drug-likeness (QED) is 0.937. The van der Waals surface area contributed by atoms with Crippen molar-refractivity contribution in [2.75, 3.05) is 19.0 Å².